The molecule has 5 nitrogen and oxygen atoms in total. The van der Waals surface area contributed by atoms with Gasteiger partial charge < -0.3 is 0 Å². The van der Waals surface area contributed by atoms with Gasteiger partial charge >= 0.3 is 0 Å². The number of hydrogen-bond donors (Lipinski definition) is 2. The van der Waals surface area contributed by atoms with E-state index in [0.29, 0.717) is 5.02 Å². The van der Waals surface area contributed by atoms with Gasteiger partial charge in [0, 0.05) is 12.7 Å². The van der Waals surface area contributed by atoms with Crippen LogP contribution in [0.5, 0.6) is 0 Å². The van der Waals surface area contributed by atoms with Crippen LogP contribution in [0.3, 0.4) is 0 Å². The molecule has 3 N–H and O–H groups in total. The van der Waals surface area contributed by atoms with E-state index in [2.05, 4.69) is 15.5 Å². The van der Waals surface area contributed by atoms with E-state index < -0.39 is 0 Å². The Balaban J connectivity index is 2.48. The van der Waals surface area contributed by atoms with Crippen LogP contribution in [-0.2, 0) is 6.54 Å². The lowest BCUT2D eigenvalue weighted by molar-refractivity contribution is 0.535. The zero-order valence-corrected chi connectivity index (χ0v) is 11.1. The first-order valence-corrected chi connectivity index (χ1v) is 6.15. The molecular formula is C12H16ClN5. The number of aryl methyl sites for hydroxylation is 2. The number of hydrogen-bond acceptors (Lipinski definition) is 4. The first-order chi connectivity index (χ1) is 8.67. The number of rotatable bonds is 4. The normalized spacial score (nSPS) is 12.7. The molecule has 0 fully saturated rings. The fraction of sp³-hybridized carbons (Fsp3) is 0.333. The van der Waals surface area contributed by atoms with Crippen LogP contribution in [0.1, 0.15) is 29.9 Å². The molecule has 1 unspecified atom stereocenters. The maximum atomic E-state index is 6.18. The molecule has 0 aliphatic carbocycles. The minimum atomic E-state index is -0.264. The second-order valence-corrected chi connectivity index (χ2v) is 4.46. The van der Waals surface area contributed by atoms with Crippen LogP contribution in [-0.4, -0.2) is 14.8 Å². The summed E-state index contributed by atoms with van der Waals surface area (Å²) in [7, 11) is 0. The fourth-order valence-corrected chi connectivity index (χ4v) is 2.18. The molecule has 0 amide bonds. The molecule has 96 valence electrons. The minimum Gasteiger partial charge on any atom is -0.270 e. The van der Waals surface area contributed by atoms with Crippen LogP contribution in [0, 0.1) is 6.92 Å². The van der Waals surface area contributed by atoms with Gasteiger partial charge in [0.15, 0.2) is 0 Å². The molecule has 0 radical (unpaired) electrons. The Morgan fingerprint density at radius 1 is 1.56 bits per heavy atom. The quantitative estimate of drug-likeness (QED) is 0.654. The molecule has 0 aliphatic rings. The Morgan fingerprint density at radius 2 is 2.33 bits per heavy atom. The van der Waals surface area contributed by atoms with Gasteiger partial charge in [-0.2, -0.15) is 5.10 Å². The molecule has 0 spiro atoms. The summed E-state index contributed by atoms with van der Waals surface area (Å²) >= 11 is 6.18. The van der Waals surface area contributed by atoms with Crippen molar-refractivity contribution in [3.05, 3.63) is 46.5 Å². The van der Waals surface area contributed by atoms with Crippen molar-refractivity contribution in [1.29, 1.82) is 0 Å². The summed E-state index contributed by atoms with van der Waals surface area (Å²) in [5, 5.41) is 4.80. The lowest BCUT2D eigenvalue weighted by atomic mass is 10.1. The first-order valence-electron chi connectivity index (χ1n) is 5.77. The largest absolute Gasteiger partial charge is 0.270 e. The summed E-state index contributed by atoms with van der Waals surface area (Å²) in [6.07, 6.45) is 3.39. The number of aromatic nitrogens is 3. The summed E-state index contributed by atoms with van der Waals surface area (Å²) < 4.78 is 1.82. The summed E-state index contributed by atoms with van der Waals surface area (Å²) in [5.41, 5.74) is 5.54. The second-order valence-electron chi connectivity index (χ2n) is 4.05. The predicted octanol–water partition coefficient (Wildman–Crippen LogP) is 1.81. The van der Waals surface area contributed by atoms with Gasteiger partial charge in [0.25, 0.3) is 0 Å². The summed E-state index contributed by atoms with van der Waals surface area (Å²) in [4.78, 5) is 4.34. The van der Waals surface area contributed by atoms with Gasteiger partial charge in [-0.15, -0.1) is 0 Å². The van der Waals surface area contributed by atoms with Crippen molar-refractivity contribution in [2.45, 2.75) is 26.4 Å². The van der Waals surface area contributed by atoms with Crippen LogP contribution in [0.4, 0.5) is 0 Å². The Bertz CT molecular complexity index is 537. The van der Waals surface area contributed by atoms with Crippen molar-refractivity contribution in [2.75, 3.05) is 0 Å². The molecule has 1 atom stereocenters. The number of pyridine rings is 1. The number of nitrogens with two attached hydrogens (primary N) is 1. The Labute approximate surface area is 111 Å². The summed E-state index contributed by atoms with van der Waals surface area (Å²) in [5.74, 6) is 5.65. The Hall–Kier alpha value is -1.43. The van der Waals surface area contributed by atoms with Crippen LogP contribution in [0.25, 0.3) is 0 Å². The third kappa shape index (κ3) is 2.38. The summed E-state index contributed by atoms with van der Waals surface area (Å²) in [6.45, 7) is 4.74. The van der Waals surface area contributed by atoms with Gasteiger partial charge in [-0.05, 0) is 31.5 Å². The van der Waals surface area contributed by atoms with E-state index >= 15 is 0 Å². The van der Waals surface area contributed by atoms with E-state index in [9.17, 15) is 0 Å². The molecule has 2 heterocycles. The molecule has 6 heteroatoms. The van der Waals surface area contributed by atoms with E-state index in [1.165, 1.54) is 0 Å². The molecule has 2 aromatic rings. The number of halogens is 1. The third-order valence-electron chi connectivity index (χ3n) is 2.81. The fourth-order valence-electron chi connectivity index (χ4n) is 1.93. The molecule has 0 aliphatic heterocycles. The Morgan fingerprint density at radius 3 is 2.94 bits per heavy atom. The number of nitrogens with zero attached hydrogens (tertiary/aromatic N) is 3. The first kappa shape index (κ1) is 13.0. The molecule has 18 heavy (non-hydrogen) atoms. The highest BCUT2D eigenvalue weighted by atomic mass is 35.5. The van der Waals surface area contributed by atoms with Gasteiger partial charge in [-0.3, -0.25) is 15.5 Å². The third-order valence-corrected chi connectivity index (χ3v) is 3.10. The average molecular weight is 266 g/mol. The highest BCUT2D eigenvalue weighted by Crippen LogP contribution is 2.26. The predicted molar refractivity (Wildman–Crippen MR) is 71.1 cm³/mol. The SMILES string of the molecule is CCn1ncc(Cl)c1C(NN)c1cc(C)ccn1. The highest BCUT2D eigenvalue weighted by Gasteiger charge is 2.21. The summed E-state index contributed by atoms with van der Waals surface area (Å²) in [6, 6.07) is 3.66. The lowest BCUT2D eigenvalue weighted by Crippen LogP contribution is -2.31. The minimum absolute atomic E-state index is 0.264. The van der Waals surface area contributed by atoms with E-state index in [1.54, 1.807) is 12.4 Å². The molecule has 0 saturated carbocycles. The van der Waals surface area contributed by atoms with Gasteiger partial charge in [0.2, 0.25) is 0 Å². The smallest absolute Gasteiger partial charge is 0.106 e. The average Bonchev–Trinajstić information content (AvgIpc) is 2.72. The zero-order chi connectivity index (χ0) is 13.1. The molecule has 0 aromatic carbocycles. The zero-order valence-electron chi connectivity index (χ0n) is 10.4. The molecular weight excluding hydrogens is 250 g/mol. The van der Waals surface area contributed by atoms with Crippen LogP contribution in [0.15, 0.2) is 24.5 Å². The lowest BCUT2D eigenvalue weighted by Gasteiger charge is -2.17. The molecule has 2 aromatic heterocycles. The van der Waals surface area contributed by atoms with E-state index in [0.717, 1.165) is 23.5 Å². The van der Waals surface area contributed by atoms with E-state index in [1.807, 2.05) is 30.7 Å². The van der Waals surface area contributed by atoms with Crippen LogP contribution < -0.4 is 11.3 Å². The topological polar surface area (TPSA) is 68.8 Å². The Kier molecular flexibility index (Phi) is 3.96. The monoisotopic (exact) mass is 265 g/mol. The van der Waals surface area contributed by atoms with Crippen molar-refractivity contribution >= 4 is 11.6 Å². The van der Waals surface area contributed by atoms with Crippen molar-refractivity contribution in [3.63, 3.8) is 0 Å². The van der Waals surface area contributed by atoms with Crippen molar-refractivity contribution in [1.82, 2.24) is 20.2 Å². The molecule has 0 saturated heterocycles. The number of nitrogens with one attached hydrogen (secondary N) is 1. The molecule has 2 rings (SSSR count). The van der Waals surface area contributed by atoms with Gasteiger partial charge in [-0.25, -0.2) is 5.43 Å². The van der Waals surface area contributed by atoms with E-state index in [-0.39, 0.29) is 6.04 Å². The van der Waals surface area contributed by atoms with Gasteiger partial charge in [0.05, 0.1) is 22.6 Å². The maximum Gasteiger partial charge on any atom is 0.106 e. The standard InChI is InChI=1S/C12H16ClN5/c1-3-18-12(9(13)7-16-18)11(17-14)10-6-8(2)4-5-15-10/h4-7,11,17H,3,14H2,1-2H3. The highest BCUT2D eigenvalue weighted by molar-refractivity contribution is 6.31. The van der Waals surface area contributed by atoms with Crippen molar-refractivity contribution in [3.8, 4) is 0 Å². The second kappa shape index (κ2) is 5.48. The maximum absolute atomic E-state index is 6.18. The molecule has 0 bridgehead atoms. The van der Waals surface area contributed by atoms with Crippen LogP contribution >= 0.6 is 11.6 Å². The van der Waals surface area contributed by atoms with E-state index in [4.69, 9.17) is 17.4 Å². The van der Waals surface area contributed by atoms with Crippen LogP contribution in [0.2, 0.25) is 5.02 Å². The van der Waals surface area contributed by atoms with Gasteiger partial charge in [-0.1, -0.05) is 11.6 Å². The van der Waals surface area contributed by atoms with Crippen molar-refractivity contribution < 1.29 is 0 Å². The number of hydrazine groups is 1. The van der Waals surface area contributed by atoms with Crippen molar-refractivity contribution in [2.24, 2.45) is 5.84 Å². The van der Waals surface area contributed by atoms with Gasteiger partial charge in [0.1, 0.15) is 6.04 Å².